The highest BCUT2D eigenvalue weighted by atomic mass is 32.2. The van der Waals surface area contributed by atoms with Gasteiger partial charge in [-0.1, -0.05) is 18.2 Å². The Balaban J connectivity index is 1.62. The molecule has 1 heterocycles. The molecule has 9 heteroatoms. The van der Waals surface area contributed by atoms with E-state index in [1.165, 1.54) is 0 Å². The standard InChI is InChI=1S/C21H23FN4O3S/c1-27-19-11-15(10-16-12-25-21(24)26-20(16)23)4-7-18(19)29-13-14-2-5-17(6-3-14)28-8-9-30-22/h2-7,11-12H,8-10,13H2,1H3,(H4,23,24,25,26). The third-order valence-electron chi connectivity index (χ3n) is 4.29. The Labute approximate surface area is 178 Å². The molecule has 0 spiro atoms. The van der Waals surface area contributed by atoms with E-state index in [1.807, 2.05) is 42.5 Å². The molecule has 30 heavy (non-hydrogen) atoms. The van der Waals surface area contributed by atoms with Crippen LogP contribution in [0.3, 0.4) is 0 Å². The van der Waals surface area contributed by atoms with Crippen molar-refractivity contribution in [3.63, 3.8) is 0 Å². The summed E-state index contributed by atoms with van der Waals surface area (Å²) in [6.07, 6.45) is 2.17. The molecule has 0 bridgehead atoms. The van der Waals surface area contributed by atoms with E-state index in [4.69, 9.17) is 25.7 Å². The van der Waals surface area contributed by atoms with Crippen LogP contribution in [0.15, 0.2) is 48.7 Å². The van der Waals surface area contributed by atoms with Crippen molar-refractivity contribution >= 4 is 23.9 Å². The Kier molecular flexibility index (Phi) is 7.56. The SMILES string of the molecule is COc1cc(Cc2cnc(N)nc2N)ccc1OCc1ccc(OCCSF)cc1. The van der Waals surface area contributed by atoms with Crippen LogP contribution < -0.4 is 25.7 Å². The molecule has 0 atom stereocenters. The van der Waals surface area contributed by atoms with E-state index >= 15 is 0 Å². The van der Waals surface area contributed by atoms with Crippen molar-refractivity contribution in [3.05, 3.63) is 65.4 Å². The molecule has 0 aliphatic rings. The number of aromatic nitrogens is 2. The molecule has 0 aliphatic heterocycles. The summed E-state index contributed by atoms with van der Waals surface area (Å²) in [5.41, 5.74) is 14.2. The van der Waals surface area contributed by atoms with Gasteiger partial charge in [0.15, 0.2) is 11.5 Å². The number of hydrogen-bond acceptors (Lipinski definition) is 8. The van der Waals surface area contributed by atoms with Gasteiger partial charge in [0.25, 0.3) is 0 Å². The third-order valence-corrected chi connectivity index (χ3v) is 4.61. The first-order valence-electron chi connectivity index (χ1n) is 9.21. The molecule has 7 nitrogen and oxygen atoms in total. The maximum absolute atomic E-state index is 12.0. The Morgan fingerprint density at radius 2 is 1.77 bits per heavy atom. The summed E-state index contributed by atoms with van der Waals surface area (Å²) >= 11 is 0.261. The van der Waals surface area contributed by atoms with Crippen LogP contribution in [-0.2, 0) is 13.0 Å². The highest BCUT2D eigenvalue weighted by Gasteiger charge is 2.09. The van der Waals surface area contributed by atoms with E-state index in [0.717, 1.165) is 16.7 Å². The minimum Gasteiger partial charge on any atom is -0.493 e. The molecule has 0 radical (unpaired) electrons. The van der Waals surface area contributed by atoms with Crippen LogP contribution in [-0.4, -0.2) is 29.4 Å². The highest BCUT2D eigenvalue weighted by Crippen LogP contribution is 2.30. The number of benzene rings is 2. The van der Waals surface area contributed by atoms with Crippen LogP contribution in [0.5, 0.6) is 17.2 Å². The Morgan fingerprint density at radius 3 is 2.47 bits per heavy atom. The summed E-state index contributed by atoms with van der Waals surface area (Å²) < 4.78 is 28.9. The molecule has 0 saturated carbocycles. The van der Waals surface area contributed by atoms with Gasteiger partial charge in [0.2, 0.25) is 5.95 Å². The third kappa shape index (κ3) is 5.90. The van der Waals surface area contributed by atoms with Crippen LogP contribution >= 0.6 is 12.1 Å². The van der Waals surface area contributed by atoms with Gasteiger partial charge in [0.1, 0.15) is 18.2 Å². The minimum atomic E-state index is 0.149. The molecule has 2 aromatic carbocycles. The van der Waals surface area contributed by atoms with E-state index in [2.05, 4.69) is 9.97 Å². The lowest BCUT2D eigenvalue weighted by Crippen LogP contribution is -2.04. The summed E-state index contributed by atoms with van der Waals surface area (Å²) in [4.78, 5) is 7.97. The monoisotopic (exact) mass is 430 g/mol. The van der Waals surface area contributed by atoms with Crippen LogP contribution in [0.2, 0.25) is 0 Å². The zero-order valence-electron chi connectivity index (χ0n) is 16.5. The summed E-state index contributed by atoms with van der Waals surface area (Å²) in [6, 6.07) is 13.2. The van der Waals surface area contributed by atoms with Crippen LogP contribution in [0.4, 0.5) is 15.7 Å². The number of nitrogens with two attached hydrogens (primary N) is 2. The first-order valence-corrected chi connectivity index (χ1v) is 10.1. The fourth-order valence-corrected chi connectivity index (χ4v) is 2.91. The Hall–Kier alpha value is -3.20. The van der Waals surface area contributed by atoms with Crippen molar-refractivity contribution in [1.29, 1.82) is 0 Å². The minimum absolute atomic E-state index is 0.149. The molecule has 3 aromatic rings. The van der Waals surface area contributed by atoms with E-state index < -0.39 is 0 Å². The van der Waals surface area contributed by atoms with Crippen LogP contribution in [0.25, 0.3) is 0 Å². The van der Waals surface area contributed by atoms with E-state index in [1.54, 1.807) is 13.3 Å². The number of nitrogens with zero attached hydrogens (tertiary/aromatic N) is 2. The molecule has 3 rings (SSSR count). The number of methoxy groups -OCH3 is 1. The smallest absolute Gasteiger partial charge is 0.221 e. The van der Waals surface area contributed by atoms with Gasteiger partial charge in [-0.05, 0) is 35.4 Å². The first-order chi connectivity index (χ1) is 14.6. The quantitative estimate of drug-likeness (QED) is 0.468. The molecule has 0 saturated heterocycles. The fraction of sp³-hybridized carbons (Fsp3) is 0.238. The predicted octanol–water partition coefficient (Wildman–Crippen LogP) is 3.82. The summed E-state index contributed by atoms with van der Waals surface area (Å²) in [7, 11) is 1.59. The van der Waals surface area contributed by atoms with Crippen molar-refractivity contribution in [2.24, 2.45) is 0 Å². The summed E-state index contributed by atoms with van der Waals surface area (Å²) in [5.74, 6) is 2.75. The van der Waals surface area contributed by atoms with Gasteiger partial charge in [-0.15, -0.1) is 0 Å². The largest absolute Gasteiger partial charge is 0.493 e. The van der Waals surface area contributed by atoms with Crippen molar-refractivity contribution in [2.75, 3.05) is 30.9 Å². The van der Waals surface area contributed by atoms with Crippen LogP contribution in [0, 0.1) is 0 Å². The molecule has 0 unspecified atom stereocenters. The number of nitrogen functional groups attached to an aromatic ring is 2. The average Bonchev–Trinajstić information content (AvgIpc) is 2.75. The van der Waals surface area contributed by atoms with E-state index in [-0.39, 0.29) is 18.1 Å². The second-order valence-corrected chi connectivity index (χ2v) is 7.02. The number of anilines is 2. The second kappa shape index (κ2) is 10.5. The zero-order valence-corrected chi connectivity index (χ0v) is 17.3. The second-order valence-electron chi connectivity index (χ2n) is 6.39. The summed E-state index contributed by atoms with van der Waals surface area (Å²) in [5, 5.41) is 0. The number of hydrogen-bond donors (Lipinski definition) is 2. The molecule has 0 fully saturated rings. The van der Waals surface area contributed by atoms with E-state index in [0.29, 0.717) is 48.5 Å². The van der Waals surface area contributed by atoms with Gasteiger partial charge in [0, 0.05) is 30.3 Å². The van der Waals surface area contributed by atoms with Gasteiger partial charge in [-0.2, -0.15) is 8.87 Å². The predicted molar refractivity (Wildman–Crippen MR) is 116 cm³/mol. The summed E-state index contributed by atoms with van der Waals surface area (Å²) in [6.45, 7) is 0.698. The Morgan fingerprint density at radius 1 is 1.00 bits per heavy atom. The zero-order chi connectivity index (χ0) is 21.3. The van der Waals surface area contributed by atoms with Crippen LogP contribution in [0.1, 0.15) is 16.7 Å². The lowest BCUT2D eigenvalue weighted by atomic mass is 10.1. The van der Waals surface area contributed by atoms with Gasteiger partial charge in [0.05, 0.1) is 19.5 Å². The van der Waals surface area contributed by atoms with Gasteiger partial charge >= 0.3 is 0 Å². The lowest BCUT2D eigenvalue weighted by molar-refractivity contribution is 0.284. The maximum Gasteiger partial charge on any atom is 0.221 e. The average molecular weight is 431 g/mol. The molecule has 158 valence electrons. The molecular formula is C21H23FN4O3S. The van der Waals surface area contributed by atoms with Crippen molar-refractivity contribution in [3.8, 4) is 17.2 Å². The van der Waals surface area contributed by atoms with Crippen molar-refractivity contribution < 1.29 is 18.1 Å². The highest BCUT2D eigenvalue weighted by molar-refractivity contribution is 7.94. The normalized spacial score (nSPS) is 10.6. The number of halogens is 1. The maximum atomic E-state index is 12.0. The first kappa shape index (κ1) is 21.5. The van der Waals surface area contributed by atoms with Crippen molar-refractivity contribution in [2.45, 2.75) is 13.0 Å². The number of rotatable bonds is 10. The van der Waals surface area contributed by atoms with Gasteiger partial charge < -0.3 is 25.7 Å². The van der Waals surface area contributed by atoms with Crippen molar-refractivity contribution in [1.82, 2.24) is 9.97 Å². The molecule has 0 aliphatic carbocycles. The fourth-order valence-electron chi connectivity index (χ4n) is 2.77. The lowest BCUT2D eigenvalue weighted by Gasteiger charge is -2.13. The number of ether oxygens (including phenoxy) is 3. The van der Waals surface area contributed by atoms with E-state index in [9.17, 15) is 3.89 Å². The molecule has 4 N–H and O–H groups in total. The Bertz CT molecular complexity index is 973. The molecule has 1 aromatic heterocycles. The topological polar surface area (TPSA) is 106 Å². The van der Waals surface area contributed by atoms with Gasteiger partial charge in [-0.25, -0.2) is 4.98 Å². The van der Waals surface area contributed by atoms with Gasteiger partial charge in [-0.3, -0.25) is 0 Å². The molecular weight excluding hydrogens is 407 g/mol. The molecule has 0 amide bonds.